The Morgan fingerprint density at radius 3 is 2.54 bits per heavy atom. The number of carbonyl (C=O) groups is 1. The third-order valence-corrected chi connectivity index (χ3v) is 3.85. The number of benzene rings is 2. The van der Waals surface area contributed by atoms with E-state index in [1.54, 1.807) is 19.1 Å². The minimum Gasteiger partial charge on any atom is -0.479 e. The highest BCUT2D eigenvalue weighted by Crippen LogP contribution is 2.33. The lowest BCUT2D eigenvalue weighted by Crippen LogP contribution is -2.23. The number of fused-ring (bicyclic) bond motifs is 1. The first-order valence-electron chi connectivity index (χ1n) is 7.49. The van der Waals surface area contributed by atoms with Gasteiger partial charge in [0.05, 0.1) is 0 Å². The van der Waals surface area contributed by atoms with E-state index in [0.29, 0.717) is 16.9 Å². The van der Waals surface area contributed by atoms with Gasteiger partial charge in [0.25, 0.3) is 0 Å². The van der Waals surface area contributed by atoms with E-state index in [-0.39, 0.29) is 0 Å². The topological polar surface area (TPSA) is 76.7 Å². The van der Waals surface area contributed by atoms with Gasteiger partial charge < -0.3 is 14.3 Å². The molecule has 0 saturated carbocycles. The minimum absolute atomic E-state index is 0.380. The number of aryl methyl sites for hydroxylation is 1. The molecule has 0 aliphatic heterocycles. The van der Waals surface area contributed by atoms with Crippen LogP contribution in [0.1, 0.15) is 12.5 Å². The fourth-order valence-electron chi connectivity index (χ4n) is 2.57. The van der Waals surface area contributed by atoms with Crippen molar-refractivity contribution in [1.82, 2.24) is 0 Å². The van der Waals surface area contributed by atoms with Crippen LogP contribution in [0.2, 0.25) is 0 Å². The Morgan fingerprint density at radius 2 is 1.88 bits per heavy atom. The molecule has 1 N–H and O–H groups in total. The van der Waals surface area contributed by atoms with Crippen LogP contribution in [0.4, 0.5) is 0 Å². The summed E-state index contributed by atoms with van der Waals surface area (Å²) in [5, 5.41) is 9.76. The van der Waals surface area contributed by atoms with Crippen LogP contribution in [0.25, 0.3) is 22.1 Å². The molecule has 24 heavy (non-hydrogen) atoms. The van der Waals surface area contributed by atoms with Crippen molar-refractivity contribution in [3.63, 3.8) is 0 Å². The van der Waals surface area contributed by atoms with Crippen LogP contribution in [0, 0.1) is 6.92 Å². The number of aliphatic carboxylic acids is 1. The average Bonchev–Trinajstić information content (AvgIpc) is 2.57. The zero-order valence-electron chi connectivity index (χ0n) is 13.3. The minimum atomic E-state index is -1.06. The summed E-state index contributed by atoms with van der Waals surface area (Å²) in [5.41, 5.74) is 2.20. The predicted octanol–water partition coefficient (Wildman–Crippen LogP) is 3.62. The SMILES string of the molecule is Cc1c(O[C@H](C)C(=O)O)ccc2c(-c3ccccc3)cc(=O)oc12. The monoisotopic (exact) mass is 324 g/mol. The molecule has 0 aliphatic rings. The summed E-state index contributed by atoms with van der Waals surface area (Å²) in [7, 11) is 0. The van der Waals surface area contributed by atoms with Crippen molar-refractivity contribution in [2.24, 2.45) is 0 Å². The second-order valence-electron chi connectivity index (χ2n) is 5.51. The zero-order chi connectivity index (χ0) is 17.3. The summed E-state index contributed by atoms with van der Waals surface area (Å²) in [6.07, 6.45) is -0.995. The van der Waals surface area contributed by atoms with Gasteiger partial charge in [-0.2, -0.15) is 0 Å². The van der Waals surface area contributed by atoms with Crippen molar-refractivity contribution in [2.75, 3.05) is 0 Å². The van der Waals surface area contributed by atoms with Gasteiger partial charge in [0.2, 0.25) is 0 Å². The number of hydrogen-bond acceptors (Lipinski definition) is 4. The van der Waals surface area contributed by atoms with Gasteiger partial charge in [-0.15, -0.1) is 0 Å². The molecule has 0 aliphatic carbocycles. The maximum atomic E-state index is 12.0. The highest BCUT2D eigenvalue weighted by atomic mass is 16.5. The lowest BCUT2D eigenvalue weighted by Gasteiger charge is -2.14. The average molecular weight is 324 g/mol. The number of carboxylic acids is 1. The van der Waals surface area contributed by atoms with Crippen LogP contribution in [0.5, 0.6) is 5.75 Å². The molecule has 3 rings (SSSR count). The van der Waals surface area contributed by atoms with Crippen LogP contribution in [0.15, 0.2) is 57.7 Å². The van der Waals surface area contributed by atoms with Gasteiger partial charge >= 0.3 is 11.6 Å². The van der Waals surface area contributed by atoms with Crippen molar-refractivity contribution in [3.05, 3.63) is 64.5 Å². The lowest BCUT2D eigenvalue weighted by molar-refractivity contribution is -0.144. The normalized spacial score (nSPS) is 12.1. The molecule has 0 unspecified atom stereocenters. The van der Waals surface area contributed by atoms with E-state index in [1.807, 2.05) is 30.3 Å². The molecule has 0 saturated heterocycles. The maximum Gasteiger partial charge on any atom is 0.344 e. The molecule has 0 bridgehead atoms. The molecule has 0 fully saturated rings. The Balaban J connectivity index is 2.19. The summed E-state index contributed by atoms with van der Waals surface area (Å²) in [6, 6.07) is 14.5. The number of ether oxygens (including phenoxy) is 1. The fourth-order valence-corrected chi connectivity index (χ4v) is 2.57. The van der Waals surface area contributed by atoms with Crippen molar-refractivity contribution in [1.29, 1.82) is 0 Å². The van der Waals surface area contributed by atoms with Crippen molar-refractivity contribution < 1.29 is 19.1 Å². The van der Waals surface area contributed by atoms with Crippen molar-refractivity contribution >= 4 is 16.9 Å². The molecule has 3 aromatic rings. The van der Waals surface area contributed by atoms with Crippen LogP contribution in [-0.4, -0.2) is 17.2 Å². The zero-order valence-corrected chi connectivity index (χ0v) is 13.3. The summed E-state index contributed by atoms with van der Waals surface area (Å²) in [4.78, 5) is 22.9. The van der Waals surface area contributed by atoms with Gasteiger partial charge in [0, 0.05) is 17.0 Å². The molecule has 1 atom stereocenters. The second kappa shape index (κ2) is 6.20. The Hall–Kier alpha value is -3.08. The van der Waals surface area contributed by atoms with E-state index in [0.717, 1.165) is 16.5 Å². The summed E-state index contributed by atoms with van der Waals surface area (Å²) in [5.74, 6) is -0.681. The van der Waals surface area contributed by atoms with Gasteiger partial charge in [-0.25, -0.2) is 9.59 Å². The molecule has 122 valence electrons. The maximum absolute atomic E-state index is 12.0. The van der Waals surface area contributed by atoms with Gasteiger partial charge in [-0.3, -0.25) is 0 Å². The molecule has 0 spiro atoms. The molecule has 5 heteroatoms. The number of rotatable bonds is 4. The third kappa shape index (κ3) is 2.88. The Labute approximate surface area is 138 Å². The largest absolute Gasteiger partial charge is 0.479 e. The highest BCUT2D eigenvalue weighted by molar-refractivity contribution is 5.95. The predicted molar refractivity (Wildman–Crippen MR) is 90.4 cm³/mol. The quantitative estimate of drug-likeness (QED) is 0.742. The first-order chi connectivity index (χ1) is 11.5. The highest BCUT2D eigenvalue weighted by Gasteiger charge is 2.17. The van der Waals surface area contributed by atoms with Crippen molar-refractivity contribution in [2.45, 2.75) is 20.0 Å². The molecular formula is C19H16O5. The third-order valence-electron chi connectivity index (χ3n) is 3.85. The molecule has 1 heterocycles. The fraction of sp³-hybridized carbons (Fsp3) is 0.158. The standard InChI is InChI=1S/C19H16O5/c1-11-16(23-12(2)19(21)22)9-8-14-15(10-17(20)24-18(11)14)13-6-4-3-5-7-13/h3-10,12H,1-2H3,(H,21,22)/t12-/m1/s1. The summed E-state index contributed by atoms with van der Waals surface area (Å²) < 4.78 is 10.8. The van der Waals surface area contributed by atoms with E-state index in [1.165, 1.54) is 13.0 Å². The van der Waals surface area contributed by atoms with E-state index >= 15 is 0 Å². The first kappa shape index (κ1) is 15.8. The summed E-state index contributed by atoms with van der Waals surface area (Å²) in [6.45, 7) is 3.19. The van der Waals surface area contributed by atoms with Gasteiger partial charge in [-0.1, -0.05) is 30.3 Å². The van der Waals surface area contributed by atoms with E-state index in [9.17, 15) is 9.59 Å². The molecule has 0 amide bonds. The lowest BCUT2D eigenvalue weighted by atomic mass is 10.00. The van der Waals surface area contributed by atoms with Gasteiger partial charge in [0.1, 0.15) is 11.3 Å². The van der Waals surface area contributed by atoms with Gasteiger partial charge in [0.15, 0.2) is 6.10 Å². The van der Waals surface area contributed by atoms with Crippen LogP contribution < -0.4 is 10.4 Å². The Bertz CT molecular complexity index is 957. The molecular weight excluding hydrogens is 308 g/mol. The van der Waals surface area contributed by atoms with E-state index in [2.05, 4.69) is 0 Å². The molecule has 1 aromatic heterocycles. The smallest absolute Gasteiger partial charge is 0.344 e. The molecule has 2 aromatic carbocycles. The Kier molecular flexibility index (Phi) is 4.08. The van der Waals surface area contributed by atoms with Gasteiger partial charge in [-0.05, 0) is 37.1 Å². The summed E-state index contributed by atoms with van der Waals surface area (Å²) >= 11 is 0. The van der Waals surface area contributed by atoms with E-state index in [4.69, 9.17) is 14.3 Å². The van der Waals surface area contributed by atoms with Crippen molar-refractivity contribution in [3.8, 4) is 16.9 Å². The molecule has 0 radical (unpaired) electrons. The second-order valence-corrected chi connectivity index (χ2v) is 5.51. The van der Waals surface area contributed by atoms with Crippen LogP contribution in [0.3, 0.4) is 0 Å². The first-order valence-corrected chi connectivity index (χ1v) is 7.49. The van der Waals surface area contributed by atoms with Crippen LogP contribution in [-0.2, 0) is 4.79 Å². The number of hydrogen-bond donors (Lipinski definition) is 1. The van der Waals surface area contributed by atoms with E-state index < -0.39 is 17.7 Å². The molecule has 5 nitrogen and oxygen atoms in total. The van der Waals surface area contributed by atoms with Crippen LogP contribution >= 0.6 is 0 Å². The Morgan fingerprint density at radius 1 is 1.17 bits per heavy atom. The number of carboxylic acid groups (broad SMARTS) is 1.